The second-order valence-electron chi connectivity index (χ2n) is 9.17. The Hall–Kier alpha value is -4.18. The van der Waals surface area contributed by atoms with Gasteiger partial charge in [-0.15, -0.1) is 0 Å². The van der Waals surface area contributed by atoms with Crippen molar-refractivity contribution in [3.8, 4) is 0 Å². The van der Waals surface area contributed by atoms with Crippen molar-refractivity contribution >= 4 is 34.7 Å². The van der Waals surface area contributed by atoms with E-state index in [-0.39, 0.29) is 25.9 Å². The maximum atomic E-state index is 13.6. The maximum Gasteiger partial charge on any atom is 0.326 e. The molecule has 10 nitrogen and oxygen atoms in total. The Kier molecular flexibility index (Phi) is 8.19. The first kappa shape index (κ1) is 25.9. The van der Waals surface area contributed by atoms with Crippen molar-refractivity contribution in [2.24, 2.45) is 0 Å². The number of carbonyl (C=O) groups excluding carboxylic acids is 2. The molecule has 1 unspecified atom stereocenters. The summed E-state index contributed by atoms with van der Waals surface area (Å²) in [6, 6.07) is 13.4. The van der Waals surface area contributed by atoms with Crippen molar-refractivity contribution in [1.82, 2.24) is 20.5 Å². The molecule has 0 saturated carbocycles. The van der Waals surface area contributed by atoms with Crippen LogP contribution >= 0.6 is 0 Å². The highest BCUT2D eigenvalue weighted by molar-refractivity contribution is 5.90. The molecule has 3 aromatic rings. The molecule has 1 saturated heterocycles. The lowest BCUT2D eigenvalue weighted by Crippen LogP contribution is -2.55. The molecule has 194 valence electrons. The van der Waals surface area contributed by atoms with Crippen molar-refractivity contribution in [3.63, 3.8) is 0 Å². The van der Waals surface area contributed by atoms with Crippen molar-refractivity contribution in [2.75, 3.05) is 6.54 Å². The maximum absolute atomic E-state index is 13.6. The van der Waals surface area contributed by atoms with Crippen molar-refractivity contribution < 1.29 is 29.4 Å². The summed E-state index contributed by atoms with van der Waals surface area (Å²) in [6.07, 6.45) is 2.38. The van der Waals surface area contributed by atoms with E-state index >= 15 is 0 Å². The summed E-state index contributed by atoms with van der Waals surface area (Å²) in [5.74, 6) is -3.34. The van der Waals surface area contributed by atoms with E-state index in [9.17, 15) is 29.4 Å². The number of H-pyrrole nitrogens is 1. The number of hydrogen-bond acceptors (Lipinski definition) is 5. The number of aliphatic carboxylic acids is 2. The van der Waals surface area contributed by atoms with E-state index in [1.807, 2.05) is 54.6 Å². The quantitative estimate of drug-likeness (QED) is 0.266. The van der Waals surface area contributed by atoms with Crippen LogP contribution in [0.3, 0.4) is 0 Å². The van der Waals surface area contributed by atoms with Crippen LogP contribution in [0.2, 0.25) is 0 Å². The minimum absolute atomic E-state index is 0.126. The van der Waals surface area contributed by atoms with Crippen LogP contribution in [0, 0.1) is 0 Å². The predicted molar refractivity (Wildman–Crippen MR) is 136 cm³/mol. The highest BCUT2D eigenvalue weighted by atomic mass is 16.4. The Morgan fingerprint density at radius 1 is 1.00 bits per heavy atom. The molecule has 10 heteroatoms. The van der Waals surface area contributed by atoms with Crippen LogP contribution in [0.1, 0.15) is 30.4 Å². The zero-order valence-corrected chi connectivity index (χ0v) is 20.2. The molecule has 2 heterocycles. The predicted octanol–water partition coefficient (Wildman–Crippen LogP) is 1.90. The van der Waals surface area contributed by atoms with Gasteiger partial charge >= 0.3 is 11.9 Å². The van der Waals surface area contributed by atoms with Crippen LogP contribution in [0.4, 0.5) is 0 Å². The van der Waals surface area contributed by atoms with Crippen molar-refractivity contribution in [3.05, 3.63) is 71.9 Å². The summed E-state index contributed by atoms with van der Waals surface area (Å²) in [4.78, 5) is 54.4. The fraction of sp³-hybridized carbons (Fsp3) is 0.333. The molecule has 1 aliphatic rings. The number of amides is 2. The molecule has 4 rings (SSSR count). The number of carbonyl (C=O) groups is 4. The number of aromatic nitrogens is 1. The monoisotopic (exact) mass is 506 g/mol. The van der Waals surface area contributed by atoms with E-state index in [2.05, 4.69) is 15.6 Å². The second kappa shape index (κ2) is 11.7. The van der Waals surface area contributed by atoms with Gasteiger partial charge in [0.05, 0.1) is 12.5 Å². The van der Waals surface area contributed by atoms with Gasteiger partial charge in [0.1, 0.15) is 12.1 Å². The lowest BCUT2D eigenvalue weighted by atomic mass is 10.0. The van der Waals surface area contributed by atoms with Crippen LogP contribution in [0.15, 0.2) is 60.8 Å². The van der Waals surface area contributed by atoms with Gasteiger partial charge in [-0.2, -0.15) is 0 Å². The number of nitrogens with zero attached hydrogens (tertiary/aromatic N) is 1. The van der Waals surface area contributed by atoms with Gasteiger partial charge in [0.2, 0.25) is 11.8 Å². The molecule has 0 bridgehead atoms. The number of benzene rings is 2. The Morgan fingerprint density at radius 2 is 1.73 bits per heavy atom. The van der Waals surface area contributed by atoms with E-state index in [4.69, 9.17) is 0 Å². The number of aromatic amines is 1. The first-order valence-corrected chi connectivity index (χ1v) is 12.2. The summed E-state index contributed by atoms with van der Waals surface area (Å²) in [6.45, 7) is 0.523. The Morgan fingerprint density at radius 3 is 2.46 bits per heavy atom. The van der Waals surface area contributed by atoms with E-state index in [0.29, 0.717) is 12.8 Å². The van der Waals surface area contributed by atoms with Gasteiger partial charge in [0.25, 0.3) is 0 Å². The molecular formula is C27H30N4O6. The summed E-state index contributed by atoms with van der Waals surface area (Å²) in [7, 11) is 0. The number of nitrogens with one attached hydrogen (secondary N) is 3. The van der Waals surface area contributed by atoms with Gasteiger partial charge in [0.15, 0.2) is 0 Å². The van der Waals surface area contributed by atoms with Crippen molar-refractivity contribution in [2.45, 2.75) is 50.4 Å². The number of carboxylic acids is 2. The third-order valence-electron chi connectivity index (χ3n) is 6.64. The molecule has 2 aromatic carbocycles. The largest absolute Gasteiger partial charge is 0.480 e. The number of likely N-dealkylation sites (tertiary alicyclic amines) is 1. The van der Waals surface area contributed by atoms with Crippen LogP contribution in [0.25, 0.3) is 10.9 Å². The summed E-state index contributed by atoms with van der Waals surface area (Å²) in [5, 5.41) is 25.9. The molecule has 0 radical (unpaired) electrons. The van der Waals surface area contributed by atoms with Crippen LogP contribution < -0.4 is 10.6 Å². The second-order valence-corrected chi connectivity index (χ2v) is 9.17. The summed E-state index contributed by atoms with van der Waals surface area (Å²) in [5.41, 5.74) is 2.52. The third kappa shape index (κ3) is 6.34. The Labute approximate surface area is 213 Å². The smallest absolute Gasteiger partial charge is 0.326 e. The topological polar surface area (TPSA) is 152 Å². The van der Waals surface area contributed by atoms with Gasteiger partial charge in [-0.05, 0) is 36.5 Å². The number of carboxylic acid groups (broad SMARTS) is 2. The van der Waals surface area contributed by atoms with E-state index in [1.165, 1.54) is 4.90 Å². The van der Waals surface area contributed by atoms with E-state index in [0.717, 1.165) is 22.0 Å². The highest BCUT2D eigenvalue weighted by Crippen LogP contribution is 2.23. The fourth-order valence-electron chi connectivity index (χ4n) is 4.74. The Bertz CT molecular complexity index is 1270. The Balaban J connectivity index is 1.53. The zero-order valence-electron chi connectivity index (χ0n) is 20.2. The SMILES string of the molecule is O=C(CC(N[C@@H](Cc1c[nH]c2ccccc12)C(=O)N1CCC[C@H]1C(=O)O)C(=O)O)NCc1ccccc1. The first-order valence-electron chi connectivity index (χ1n) is 12.2. The summed E-state index contributed by atoms with van der Waals surface area (Å²) < 4.78 is 0. The molecular weight excluding hydrogens is 476 g/mol. The number of rotatable bonds is 11. The first-order chi connectivity index (χ1) is 17.8. The molecule has 0 aliphatic carbocycles. The van der Waals surface area contributed by atoms with Gasteiger partial charge < -0.3 is 25.4 Å². The average Bonchev–Trinajstić information content (AvgIpc) is 3.54. The van der Waals surface area contributed by atoms with Gasteiger partial charge in [0, 0.05) is 30.2 Å². The van der Waals surface area contributed by atoms with E-state index < -0.39 is 41.9 Å². The van der Waals surface area contributed by atoms with E-state index in [1.54, 1.807) is 6.20 Å². The van der Waals surface area contributed by atoms with Gasteiger partial charge in [-0.1, -0.05) is 48.5 Å². The molecule has 37 heavy (non-hydrogen) atoms. The lowest BCUT2D eigenvalue weighted by Gasteiger charge is -2.29. The van der Waals surface area contributed by atoms with Crippen LogP contribution in [-0.4, -0.2) is 68.5 Å². The molecule has 2 amide bonds. The molecule has 1 fully saturated rings. The normalized spacial score (nSPS) is 16.9. The molecule has 5 N–H and O–H groups in total. The van der Waals surface area contributed by atoms with Gasteiger partial charge in [-0.3, -0.25) is 19.7 Å². The number of fused-ring (bicyclic) bond motifs is 1. The lowest BCUT2D eigenvalue weighted by molar-refractivity contribution is -0.150. The standard InChI is InChI=1S/C27H30N4O6/c32-24(29-15-17-7-2-1-3-8-17)14-22(26(34)35)30-21(25(33)31-12-6-11-23(31)27(36)37)13-18-16-28-20-10-5-4-9-19(18)20/h1-5,7-10,16,21-23,28,30H,6,11-15H2,(H,29,32)(H,34,35)(H,36,37)/t21-,22?,23-/m0/s1. The molecule has 1 aliphatic heterocycles. The van der Waals surface area contributed by atoms with Crippen LogP contribution in [-0.2, 0) is 32.1 Å². The fourth-order valence-corrected chi connectivity index (χ4v) is 4.74. The average molecular weight is 507 g/mol. The van der Waals surface area contributed by atoms with Crippen LogP contribution in [0.5, 0.6) is 0 Å². The molecule has 0 spiro atoms. The number of hydrogen-bond donors (Lipinski definition) is 5. The molecule has 3 atom stereocenters. The summed E-state index contributed by atoms with van der Waals surface area (Å²) >= 11 is 0. The zero-order chi connectivity index (χ0) is 26.4. The molecule has 1 aromatic heterocycles. The number of para-hydroxylation sites is 1. The third-order valence-corrected chi connectivity index (χ3v) is 6.64. The van der Waals surface area contributed by atoms with Gasteiger partial charge in [-0.25, -0.2) is 4.79 Å². The minimum atomic E-state index is -1.35. The highest BCUT2D eigenvalue weighted by Gasteiger charge is 2.39. The minimum Gasteiger partial charge on any atom is -0.480 e. The van der Waals surface area contributed by atoms with Crippen molar-refractivity contribution in [1.29, 1.82) is 0 Å².